The predicted molar refractivity (Wildman–Crippen MR) is 119 cm³/mol. The molecule has 2 aromatic heterocycles. The molecule has 3 rings (SSSR count). The van der Waals surface area contributed by atoms with Crippen LogP contribution in [0, 0.1) is 16.3 Å². The van der Waals surface area contributed by atoms with Crippen LogP contribution >= 0.6 is 46.1 Å². The number of halogens is 2. The summed E-state index contributed by atoms with van der Waals surface area (Å²) in [6.07, 6.45) is 0. The minimum Gasteiger partial charge on any atom is -0.477 e. The molecule has 0 aliphatic rings. The Labute approximate surface area is 175 Å². The van der Waals surface area contributed by atoms with Gasteiger partial charge in [0.15, 0.2) is 5.05 Å². The van der Waals surface area contributed by atoms with E-state index in [9.17, 15) is 4.39 Å². The number of rotatable bonds is 3. The van der Waals surface area contributed by atoms with Gasteiger partial charge >= 0.3 is 0 Å². The van der Waals surface area contributed by atoms with Gasteiger partial charge in [0.25, 0.3) is 0 Å². The number of hydrogen-bond acceptors (Lipinski definition) is 5. The molecule has 0 fully saturated rings. The number of nitrogens with one attached hydrogen (secondary N) is 1. The summed E-state index contributed by atoms with van der Waals surface area (Å²) in [5.74, 6) is -0.313. The fourth-order valence-corrected chi connectivity index (χ4v) is 4.51. The van der Waals surface area contributed by atoms with E-state index in [2.05, 4.69) is 32.9 Å². The van der Waals surface area contributed by atoms with Crippen LogP contribution in [0.5, 0.6) is 0 Å². The smallest absolute Gasteiger partial charge is 0.195 e. The summed E-state index contributed by atoms with van der Waals surface area (Å²) in [5.41, 5.74) is 1.64. The van der Waals surface area contributed by atoms with Crippen molar-refractivity contribution in [3.05, 3.63) is 51.0 Å². The van der Waals surface area contributed by atoms with Gasteiger partial charge < -0.3 is 10.1 Å². The Morgan fingerprint density at radius 1 is 1.27 bits per heavy atom. The molecule has 0 spiro atoms. The Hall–Kier alpha value is -1.32. The van der Waals surface area contributed by atoms with Crippen LogP contribution in [0.4, 0.5) is 15.1 Å². The van der Waals surface area contributed by atoms with Crippen LogP contribution in [-0.2, 0) is 4.74 Å². The molecule has 0 saturated heterocycles. The Kier molecular flexibility index (Phi) is 5.50. The van der Waals surface area contributed by atoms with Crippen molar-refractivity contribution in [1.82, 2.24) is 4.98 Å². The quantitative estimate of drug-likeness (QED) is 0.325. The standard InChI is InChI=1S/C19H18FIN2OS2/c1-10-5-7-12-15(18(25)24-19(2,3)4)17(26-16(12)22-10)23-14-8-6-11(21)9-13(14)20/h5-9,23H,1-4H3. The normalized spacial score (nSPS) is 11.6. The van der Waals surface area contributed by atoms with Gasteiger partial charge in [0.2, 0.25) is 0 Å². The Bertz CT molecular complexity index is 995. The van der Waals surface area contributed by atoms with E-state index < -0.39 is 5.60 Å². The van der Waals surface area contributed by atoms with Gasteiger partial charge in [0, 0.05) is 14.7 Å². The zero-order chi connectivity index (χ0) is 19.1. The first-order valence-electron chi connectivity index (χ1n) is 7.99. The fourth-order valence-electron chi connectivity index (χ4n) is 2.40. The van der Waals surface area contributed by atoms with E-state index in [4.69, 9.17) is 17.0 Å². The van der Waals surface area contributed by atoms with Crippen LogP contribution in [0.1, 0.15) is 32.0 Å². The number of nitrogens with zero attached hydrogens (tertiary/aromatic N) is 1. The Balaban J connectivity index is 2.11. The molecule has 0 aliphatic carbocycles. The number of aryl methyl sites for hydroxylation is 1. The van der Waals surface area contributed by atoms with E-state index >= 15 is 0 Å². The van der Waals surface area contributed by atoms with E-state index in [-0.39, 0.29) is 5.82 Å². The third kappa shape index (κ3) is 4.32. The van der Waals surface area contributed by atoms with Crippen LogP contribution in [0.2, 0.25) is 0 Å². The minimum atomic E-state index is -0.422. The van der Waals surface area contributed by atoms with E-state index in [1.807, 2.05) is 45.9 Å². The molecule has 0 unspecified atom stereocenters. The van der Waals surface area contributed by atoms with Crippen molar-refractivity contribution in [3.63, 3.8) is 0 Å². The van der Waals surface area contributed by atoms with Crippen LogP contribution in [0.3, 0.4) is 0 Å². The summed E-state index contributed by atoms with van der Waals surface area (Å²) in [7, 11) is 0. The zero-order valence-electron chi connectivity index (χ0n) is 14.8. The SMILES string of the molecule is Cc1ccc2c(C(=S)OC(C)(C)C)c(Nc3ccc(I)cc3F)sc2n1. The largest absolute Gasteiger partial charge is 0.477 e. The lowest BCUT2D eigenvalue weighted by molar-refractivity contribution is 0.123. The molecule has 0 atom stereocenters. The second kappa shape index (κ2) is 7.36. The van der Waals surface area contributed by atoms with E-state index in [1.165, 1.54) is 17.4 Å². The highest BCUT2D eigenvalue weighted by Gasteiger charge is 2.23. The van der Waals surface area contributed by atoms with Gasteiger partial charge in [-0.15, -0.1) is 0 Å². The highest BCUT2D eigenvalue weighted by atomic mass is 127. The molecule has 0 radical (unpaired) electrons. The highest BCUT2D eigenvalue weighted by Crippen LogP contribution is 2.38. The topological polar surface area (TPSA) is 34.1 Å². The van der Waals surface area contributed by atoms with Crippen LogP contribution < -0.4 is 5.32 Å². The van der Waals surface area contributed by atoms with Gasteiger partial charge in [-0.2, -0.15) is 0 Å². The number of pyridine rings is 1. The first-order chi connectivity index (χ1) is 12.1. The van der Waals surface area contributed by atoms with Gasteiger partial charge in [-0.1, -0.05) is 11.3 Å². The average molecular weight is 500 g/mol. The predicted octanol–water partition coefficient (Wildman–Crippen LogP) is 6.58. The number of aromatic nitrogens is 1. The third-order valence-corrected chi connectivity index (χ3v) is 5.45. The molecular weight excluding hydrogens is 482 g/mol. The van der Waals surface area contributed by atoms with Crippen LogP contribution in [-0.4, -0.2) is 15.6 Å². The molecule has 0 amide bonds. The van der Waals surface area contributed by atoms with Crippen molar-refractivity contribution in [2.45, 2.75) is 33.3 Å². The molecule has 26 heavy (non-hydrogen) atoms. The molecule has 1 aromatic carbocycles. The minimum absolute atomic E-state index is 0.313. The first-order valence-corrected chi connectivity index (χ1v) is 10.3. The summed E-state index contributed by atoms with van der Waals surface area (Å²) >= 11 is 9.09. The molecule has 7 heteroatoms. The Morgan fingerprint density at radius 2 is 2.00 bits per heavy atom. The molecular formula is C19H18FIN2OS2. The van der Waals surface area contributed by atoms with Crippen molar-refractivity contribution >= 4 is 72.1 Å². The van der Waals surface area contributed by atoms with Gasteiger partial charge in [-0.25, -0.2) is 9.37 Å². The van der Waals surface area contributed by atoms with Crippen molar-refractivity contribution in [2.75, 3.05) is 5.32 Å². The lowest BCUT2D eigenvalue weighted by atomic mass is 10.1. The maximum atomic E-state index is 14.3. The second-order valence-corrected chi connectivity index (χ2v) is 9.48. The van der Waals surface area contributed by atoms with Gasteiger partial charge in [0.1, 0.15) is 21.2 Å². The Morgan fingerprint density at radius 3 is 2.65 bits per heavy atom. The lowest BCUT2D eigenvalue weighted by Crippen LogP contribution is -2.23. The van der Waals surface area contributed by atoms with Crippen molar-refractivity contribution in [2.24, 2.45) is 0 Å². The van der Waals surface area contributed by atoms with Gasteiger partial charge in [-0.3, -0.25) is 0 Å². The number of ether oxygens (including phenoxy) is 1. The summed E-state index contributed by atoms with van der Waals surface area (Å²) in [5, 5.41) is 5.19. The van der Waals surface area contributed by atoms with Gasteiger partial charge in [-0.05, 0) is 92.8 Å². The molecule has 2 heterocycles. The summed E-state index contributed by atoms with van der Waals surface area (Å²) in [6.45, 7) is 7.78. The van der Waals surface area contributed by atoms with E-state index in [0.29, 0.717) is 10.7 Å². The molecule has 0 aliphatic heterocycles. The van der Waals surface area contributed by atoms with Gasteiger partial charge in [0.05, 0.1) is 11.3 Å². The van der Waals surface area contributed by atoms with Crippen molar-refractivity contribution < 1.29 is 9.13 Å². The molecule has 0 saturated carbocycles. The molecule has 136 valence electrons. The first kappa shape index (κ1) is 19.4. The van der Waals surface area contributed by atoms with Crippen LogP contribution in [0.25, 0.3) is 10.2 Å². The number of thiophene rings is 1. The van der Waals surface area contributed by atoms with Crippen LogP contribution in [0.15, 0.2) is 30.3 Å². The maximum absolute atomic E-state index is 14.3. The second-order valence-electron chi connectivity index (χ2n) is 6.86. The van der Waals surface area contributed by atoms with Crippen molar-refractivity contribution in [3.8, 4) is 0 Å². The summed E-state index contributed by atoms with van der Waals surface area (Å²) < 4.78 is 21.1. The lowest BCUT2D eigenvalue weighted by Gasteiger charge is -2.22. The molecule has 3 nitrogen and oxygen atoms in total. The molecule has 3 aromatic rings. The maximum Gasteiger partial charge on any atom is 0.195 e. The number of hydrogen-bond donors (Lipinski definition) is 1. The third-order valence-electron chi connectivity index (χ3n) is 3.48. The summed E-state index contributed by atoms with van der Waals surface area (Å²) in [4.78, 5) is 5.42. The number of benzene rings is 1. The monoisotopic (exact) mass is 500 g/mol. The summed E-state index contributed by atoms with van der Waals surface area (Å²) in [6, 6.07) is 8.98. The number of thiocarbonyl (C=S) groups is 1. The van der Waals surface area contributed by atoms with Crippen molar-refractivity contribution in [1.29, 1.82) is 0 Å². The molecule has 0 bridgehead atoms. The zero-order valence-corrected chi connectivity index (χ0v) is 18.6. The number of anilines is 2. The average Bonchev–Trinajstić information content (AvgIpc) is 2.85. The fraction of sp³-hybridized carbons (Fsp3) is 0.263. The van der Waals surface area contributed by atoms with E-state index in [0.717, 1.165) is 30.0 Å². The van der Waals surface area contributed by atoms with E-state index in [1.54, 1.807) is 6.07 Å². The highest BCUT2D eigenvalue weighted by molar-refractivity contribution is 14.1. The molecule has 1 N–H and O–H groups in total. The number of fused-ring (bicyclic) bond motifs is 1.